The molecule has 2 N–H and O–H groups in total. The van der Waals surface area contributed by atoms with Crippen molar-refractivity contribution < 1.29 is 0 Å². The number of anilines is 2. The van der Waals surface area contributed by atoms with Crippen molar-refractivity contribution in [2.45, 2.75) is 12.5 Å². The van der Waals surface area contributed by atoms with Gasteiger partial charge in [0.2, 0.25) is 5.95 Å². The van der Waals surface area contributed by atoms with E-state index in [4.69, 9.17) is 11.6 Å². The zero-order valence-corrected chi connectivity index (χ0v) is 10.3. The molecule has 1 aromatic rings. The summed E-state index contributed by atoms with van der Waals surface area (Å²) in [5, 5.41) is 6.81. The van der Waals surface area contributed by atoms with Crippen LogP contribution in [0.1, 0.15) is 6.42 Å². The van der Waals surface area contributed by atoms with Crippen molar-refractivity contribution >= 4 is 23.4 Å². The van der Waals surface area contributed by atoms with Crippen LogP contribution in [0.2, 0.25) is 5.02 Å². The summed E-state index contributed by atoms with van der Waals surface area (Å²) in [7, 11) is 3.90. The van der Waals surface area contributed by atoms with Gasteiger partial charge in [0.25, 0.3) is 0 Å². The summed E-state index contributed by atoms with van der Waals surface area (Å²) in [6.07, 6.45) is 2.73. The van der Waals surface area contributed by atoms with Crippen LogP contribution in [-0.4, -0.2) is 48.1 Å². The predicted molar refractivity (Wildman–Crippen MR) is 66.1 cm³/mol. The molecule has 1 aliphatic rings. The molecule has 6 heteroatoms. The van der Waals surface area contributed by atoms with Gasteiger partial charge in [0.05, 0.1) is 6.20 Å². The number of hydrogen-bond acceptors (Lipinski definition) is 5. The Morgan fingerprint density at radius 3 is 3.00 bits per heavy atom. The molecule has 0 aromatic carbocycles. The van der Waals surface area contributed by atoms with Crippen molar-refractivity contribution in [3.63, 3.8) is 0 Å². The van der Waals surface area contributed by atoms with Crippen LogP contribution in [0.4, 0.5) is 11.8 Å². The lowest BCUT2D eigenvalue weighted by Gasteiger charge is -2.14. The van der Waals surface area contributed by atoms with E-state index in [-0.39, 0.29) is 0 Å². The number of rotatable bonds is 3. The number of halogens is 1. The SMILES string of the molecule is CNc1ncc(Cl)c(NC2CCN(C)C2)n1. The molecule has 0 aliphatic carbocycles. The maximum absolute atomic E-state index is 6.04. The van der Waals surface area contributed by atoms with Gasteiger partial charge in [-0.25, -0.2) is 4.98 Å². The molecule has 88 valence electrons. The van der Waals surface area contributed by atoms with E-state index in [2.05, 4.69) is 32.5 Å². The first-order chi connectivity index (χ1) is 7.69. The molecule has 1 fully saturated rings. The summed E-state index contributed by atoms with van der Waals surface area (Å²) in [5.74, 6) is 1.29. The van der Waals surface area contributed by atoms with Gasteiger partial charge in [-0.15, -0.1) is 0 Å². The Hall–Kier alpha value is -1.07. The van der Waals surface area contributed by atoms with Crippen molar-refractivity contribution in [2.75, 3.05) is 37.8 Å². The second kappa shape index (κ2) is 4.84. The standard InChI is InChI=1S/C10H16ClN5/c1-12-10-13-5-8(11)9(15-10)14-7-3-4-16(2)6-7/h5,7H,3-4,6H2,1-2H3,(H2,12,13,14,15). The monoisotopic (exact) mass is 241 g/mol. The quantitative estimate of drug-likeness (QED) is 0.835. The summed E-state index contributed by atoms with van der Waals surface area (Å²) in [4.78, 5) is 10.6. The summed E-state index contributed by atoms with van der Waals surface area (Å²) < 4.78 is 0. The van der Waals surface area contributed by atoms with Crippen molar-refractivity contribution in [1.82, 2.24) is 14.9 Å². The number of nitrogens with one attached hydrogen (secondary N) is 2. The molecule has 1 saturated heterocycles. The topological polar surface area (TPSA) is 53.1 Å². The number of aromatic nitrogens is 2. The second-order valence-corrected chi connectivity index (χ2v) is 4.44. The van der Waals surface area contributed by atoms with Crippen LogP contribution in [0.5, 0.6) is 0 Å². The third-order valence-electron chi connectivity index (χ3n) is 2.70. The van der Waals surface area contributed by atoms with Gasteiger partial charge >= 0.3 is 0 Å². The van der Waals surface area contributed by atoms with E-state index in [1.807, 2.05) is 0 Å². The summed E-state index contributed by atoms with van der Waals surface area (Å²) in [5.41, 5.74) is 0. The van der Waals surface area contributed by atoms with Crippen LogP contribution in [0.3, 0.4) is 0 Å². The third-order valence-corrected chi connectivity index (χ3v) is 2.98. The minimum absolute atomic E-state index is 0.419. The van der Waals surface area contributed by atoms with Crippen molar-refractivity contribution in [3.05, 3.63) is 11.2 Å². The largest absolute Gasteiger partial charge is 0.365 e. The van der Waals surface area contributed by atoms with Gasteiger partial charge in [-0.05, 0) is 20.0 Å². The van der Waals surface area contributed by atoms with Gasteiger partial charge in [0.1, 0.15) is 5.02 Å². The number of hydrogen-bond donors (Lipinski definition) is 2. The van der Waals surface area contributed by atoms with Crippen LogP contribution in [-0.2, 0) is 0 Å². The van der Waals surface area contributed by atoms with Crippen molar-refractivity contribution in [2.24, 2.45) is 0 Å². The van der Waals surface area contributed by atoms with Crippen LogP contribution >= 0.6 is 11.6 Å². The highest BCUT2D eigenvalue weighted by atomic mass is 35.5. The van der Waals surface area contributed by atoms with Gasteiger partial charge in [0, 0.05) is 19.6 Å². The molecule has 1 aliphatic heterocycles. The predicted octanol–water partition coefficient (Wildman–Crippen LogP) is 1.29. The van der Waals surface area contributed by atoms with E-state index < -0.39 is 0 Å². The average molecular weight is 242 g/mol. The third kappa shape index (κ3) is 2.54. The highest BCUT2D eigenvalue weighted by Gasteiger charge is 2.20. The fraction of sp³-hybridized carbons (Fsp3) is 0.600. The van der Waals surface area contributed by atoms with E-state index in [0.29, 0.717) is 22.8 Å². The molecule has 1 atom stereocenters. The first kappa shape index (κ1) is 11.4. The maximum Gasteiger partial charge on any atom is 0.224 e. The molecule has 16 heavy (non-hydrogen) atoms. The molecular formula is C10H16ClN5. The van der Waals surface area contributed by atoms with E-state index in [1.54, 1.807) is 13.2 Å². The van der Waals surface area contributed by atoms with Gasteiger partial charge in [-0.1, -0.05) is 11.6 Å². The van der Waals surface area contributed by atoms with Gasteiger partial charge < -0.3 is 15.5 Å². The van der Waals surface area contributed by atoms with Crippen LogP contribution in [0, 0.1) is 0 Å². The number of likely N-dealkylation sites (tertiary alicyclic amines) is 1. The maximum atomic E-state index is 6.04. The molecule has 0 bridgehead atoms. The van der Waals surface area contributed by atoms with E-state index >= 15 is 0 Å². The molecule has 5 nitrogen and oxygen atoms in total. The smallest absolute Gasteiger partial charge is 0.224 e. The Morgan fingerprint density at radius 2 is 2.38 bits per heavy atom. The Bertz CT molecular complexity index is 370. The lowest BCUT2D eigenvalue weighted by molar-refractivity contribution is 0.414. The van der Waals surface area contributed by atoms with Crippen LogP contribution < -0.4 is 10.6 Å². The van der Waals surface area contributed by atoms with Gasteiger partial charge in [0.15, 0.2) is 5.82 Å². The molecule has 0 spiro atoms. The first-order valence-electron chi connectivity index (χ1n) is 5.34. The second-order valence-electron chi connectivity index (χ2n) is 4.03. The highest BCUT2D eigenvalue weighted by molar-refractivity contribution is 6.32. The zero-order chi connectivity index (χ0) is 11.5. The minimum atomic E-state index is 0.419. The summed E-state index contributed by atoms with van der Waals surface area (Å²) in [6, 6.07) is 0.419. The van der Waals surface area contributed by atoms with E-state index in [9.17, 15) is 0 Å². The van der Waals surface area contributed by atoms with Crippen LogP contribution in [0.15, 0.2) is 6.20 Å². The van der Waals surface area contributed by atoms with Crippen molar-refractivity contribution in [3.8, 4) is 0 Å². The Kier molecular flexibility index (Phi) is 3.46. The molecule has 1 unspecified atom stereocenters. The normalized spacial score (nSPS) is 21.1. The Balaban J connectivity index is 2.08. The molecule has 2 heterocycles. The molecular weight excluding hydrogens is 226 g/mol. The fourth-order valence-electron chi connectivity index (χ4n) is 1.83. The molecule has 0 radical (unpaired) electrons. The summed E-state index contributed by atoms with van der Waals surface area (Å²) in [6.45, 7) is 2.13. The number of nitrogens with zero attached hydrogens (tertiary/aromatic N) is 3. The lowest BCUT2D eigenvalue weighted by atomic mass is 10.2. The average Bonchev–Trinajstić information content (AvgIpc) is 2.67. The van der Waals surface area contributed by atoms with Crippen molar-refractivity contribution in [1.29, 1.82) is 0 Å². The Labute approximate surface area is 100 Å². The molecule has 2 rings (SSSR count). The first-order valence-corrected chi connectivity index (χ1v) is 5.72. The number of likely N-dealkylation sites (N-methyl/N-ethyl adjacent to an activating group) is 1. The van der Waals surface area contributed by atoms with E-state index in [0.717, 1.165) is 19.5 Å². The van der Waals surface area contributed by atoms with E-state index in [1.165, 1.54) is 0 Å². The lowest BCUT2D eigenvalue weighted by Crippen LogP contribution is -2.24. The highest BCUT2D eigenvalue weighted by Crippen LogP contribution is 2.22. The molecule has 0 amide bonds. The van der Waals surface area contributed by atoms with Crippen LogP contribution in [0.25, 0.3) is 0 Å². The minimum Gasteiger partial charge on any atom is -0.365 e. The zero-order valence-electron chi connectivity index (χ0n) is 9.50. The fourth-order valence-corrected chi connectivity index (χ4v) is 1.98. The molecule has 0 saturated carbocycles. The summed E-state index contributed by atoms with van der Waals surface area (Å²) >= 11 is 6.04. The Morgan fingerprint density at radius 1 is 1.56 bits per heavy atom. The van der Waals surface area contributed by atoms with Gasteiger partial charge in [-0.3, -0.25) is 0 Å². The van der Waals surface area contributed by atoms with Gasteiger partial charge in [-0.2, -0.15) is 4.98 Å². The molecule has 1 aromatic heterocycles.